The average Bonchev–Trinajstić information content (AvgIpc) is 2.72. The Balaban J connectivity index is 2.00. The summed E-state index contributed by atoms with van der Waals surface area (Å²) in [6.45, 7) is 3.92. The first kappa shape index (κ1) is 14.2. The van der Waals surface area contributed by atoms with Crippen LogP contribution in [0.3, 0.4) is 0 Å². The van der Waals surface area contributed by atoms with Crippen molar-refractivity contribution in [1.82, 2.24) is 9.88 Å². The van der Waals surface area contributed by atoms with E-state index < -0.39 is 6.10 Å². The van der Waals surface area contributed by atoms with E-state index in [-0.39, 0.29) is 4.87 Å². The topological polar surface area (TPSA) is 54.3 Å². The molecular weight excluding hydrogens is 260 g/mol. The predicted molar refractivity (Wildman–Crippen MR) is 79.9 cm³/mol. The van der Waals surface area contributed by atoms with Crippen LogP contribution in [0.25, 0.3) is 10.2 Å². The van der Waals surface area contributed by atoms with Crippen LogP contribution in [0.1, 0.15) is 19.8 Å². The number of thiazole rings is 1. The predicted octanol–water partition coefficient (Wildman–Crippen LogP) is 1.81. The highest BCUT2D eigenvalue weighted by atomic mass is 32.1. The molecule has 104 valence electrons. The third kappa shape index (κ3) is 3.65. The van der Waals surface area contributed by atoms with Gasteiger partial charge in [-0.1, -0.05) is 36.8 Å². The van der Waals surface area contributed by atoms with E-state index in [1.165, 1.54) is 11.3 Å². The van der Waals surface area contributed by atoms with Crippen LogP contribution >= 0.6 is 11.3 Å². The van der Waals surface area contributed by atoms with Crippen LogP contribution in [0.4, 0.5) is 0 Å². The summed E-state index contributed by atoms with van der Waals surface area (Å²) in [7, 11) is 0. The Hall–Kier alpha value is -1.17. The van der Waals surface area contributed by atoms with Crippen molar-refractivity contribution in [3.05, 3.63) is 33.9 Å². The molecule has 0 spiro atoms. The first-order valence-corrected chi connectivity index (χ1v) is 7.51. The molecule has 0 saturated carbocycles. The highest BCUT2D eigenvalue weighted by Crippen LogP contribution is 2.16. The summed E-state index contributed by atoms with van der Waals surface area (Å²) in [6, 6.07) is 7.69. The Labute approximate surface area is 116 Å². The van der Waals surface area contributed by atoms with E-state index in [1.807, 2.05) is 24.3 Å². The lowest BCUT2D eigenvalue weighted by Crippen LogP contribution is -2.32. The molecule has 1 aromatic carbocycles. The highest BCUT2D eigenvalue weighted by Gasteiger charge is 2.11. The number of fused-ring (bicyclic) bond motifs is 1. The van der Waals surface area contributed by atoms with Gasteiger partial charge in [0.15, 0.2) is 0 Å². The number of rotatable bonds is 7. The van der Waals surface area contributed by atoms with Crippen LogP contribution in [-0.4, -0.2) is 28.9 Å². The number of hydrogen-bond acceptors (Lipinski definition) is 4. The van der Waals surface area contributed by atoms with E-state index >= 15 is 0 Å². The number of hydrogen-bond donors (Lipinski definition) is 2. The molecule has 0 bridgehead atoms. The third-order valence-electron chi connectivity index (χ3n) is 3.05. The van der Waals surface area contributed by atoms with E-state index in [2.05, 4.69) is 12.2 Å². The van der Waals surface area contributed by atoms with E-state index in [0.717, 1.165) is 29.6 Å². The fourth-order valence-electron chi connectivity index (χ4n) is 2.03. The lowest BCUT2D eigenvalue weighted by molar-refractivity contribution is 0.152. The Morgan fingerprint density at radius 3 is 3.00 bits per heavy atom. The standard InChI is InChI=1S/C14H20N2O2S/c1-2-3-8-15-9-11(17)10-16-12-6-4-5-7-13(12)19-14(16)18/h4-7,11,15,17H,2-3,8-10H2,1H3. The van der Waals surface area contributed by atoms with Crippen LogP contribution in [0.15, 0.2) is 29.1 Å². The summed E-state index contributed by atoms with van der Waals surface area (Å²) in [5.41, 5.74) is 0.908. The van der Waals surface area contributed by atoms with Crippen LogP contribution in [0.2, 0.25) is 0 Å². The van der Waals surface area contributed by atoms with Gasteiger partial charge in [0, 0.05) is 6.54 Å². The van der Waals surface area contributed by atoms with Gasteiger partial charge in [-0.2, -0.15) is 0 Å². The second-order valence-electron chi connectivity index (χ2n) is 4.66. The Kier molecular flexibility index (Phi) is 5.13. The second kappa shape index (κ2) is 6.84. The zero-order valence-electron chi connectivity index (χ0n) is 11.1. The lowest BCUT2D eigenvalue weighted by Gasteiger charge is -2.12. The number of nitrogens with one attached hydrogen (secondary N) is 1. The molecule has 5 heteroatoms. The van der Waals surface area contributed by atoms with Gasteiger partial charge in [0.25, 0.3) is 0 Å². The quantitative estimate of drug-likeness (QED) is 0.761. The molecule has 1 unspecified atom stereocenters. The van der Waals surface area contributed by atoms with Crippen molar-refractivity contribution >= 4 is 21.6 Å². The molecule has 0 radical (unpaired) electrons. The van der Waals surface area contributed by atoms with Gasteiger partial charge < -0.3 is 10.4 Å². The van der Waals surface area contributed by atoms with E-state index in [0.29, 0.717) is 13.1 Å². The molecule has 19 heavy (non-hydrogen) atoms. The Morgan fingerprint density at radius 2 is 2.21 bits per heavy atom. The number of benzene rings is 1. The van der Waals surface area contributed by atoms with E-state index in [4.69, 9.17) is 0 Å². The first-order chi connectivity index (χ1) is 9.22. The zero-order valence-corrected chi connectivity index (χ0v) is 11.9. The smallest absolute Gasteiger partial charge is 0.308 e. The molecule has 4 nitrogen and oxygen atoms in total. The molecule has 0 aliphatic carbocycles. The molecule has 1 aromatic heterocycles. The van der Waals surface area contributed by atoms with Crippen molar-refractivity contribution in [2.45, 2.75) is 32.4 Å². The zero-order chi connectivity index (χ0) is 13.7. The van der Waals surface area contributed by atoms with Crippen molar-refractivity contribution in [1.29, 1.82) is 0 Å². The number of unbranched alkanes of at least 4 members (excludes halogenated alkanes) is 1. The molecular formula is C14H20N2O2S. The first-order valence-electron chi connectivity index (χ1n) is 6.69. The number of aromatic nitrogens is 1. The maximum Gasteiger partial charge on any atom is 0.308 e. The van der Waals surface area contributed by atoms with Gasteiger partial charge >= 0.3 is 4.87 Å². The van der Waals surface area contributed by atoms with Gasteiger partial charge in [0.05, 0.1) is 22.9 Å². The van der Waals surface area contributed by atoms with Crippen molar-refractivity contribution < 1.29 is 5.11 Å². The molecule has 1 heterocycles. The molecule has 0 saturated heterocycles. The van der Waals surface area contributed by atoms with Crippen molar-refractivity contribution in [3.8, 4) is 0 Å². The minimum absolute atomic E-state index is 0.00573. The Morgan fingerprint density at radius 1 is 1.42 bits per heavy atom. The van der Waals surface area contributed by atoms with Gasteiger partial charge in [-0.25, -0.2) is 0 Å². The maximum atomic E-state index is 11.9. The maximum absolute atomic E-state index is 11.9. The summed E-state index contributed by atoms with van der Waals surface area (Å²) in [4.78, 5) is 11.9. The van der Waals surface area contributed by atoms with Crippen molar-refractivity contribution in [2.24, 2.45) is 0 Å². The Bertz CT molecular complexity index is 576. The summed E-state index contributed by atoms with van der Waals surface area (Å²) in [6.07, 6.45) is 1.71. The molecule has 0 fully saturated rings. The van der Waals surface area contributed by atoms with Gasteiger partial charge in [-0.05, 0) is 25.1 Å². The lowest BCUT2D eigenvalue weighted by atomic mass is 10.3. The van der Waals surface area contributed by atoms with Gasteiger partial charge in [0.2, 0.25) is 0 Å². The fraction of sp³-hybridized carbons (Fsp3) is 0.500. The molecule has 1 atom stereocenters. The van der Waals surface area contributed by atoms with Gasteiger partial charge in [-0.3, -0.25) is 9.36 Å². The molecule has 0 aliphatic rings. The number of para-hydroxylation sites is 1. The van der Waals surface area contributed by atoms with Crippen LogP contribution in [0, 0.1) is 0 Å². The van der Waals surface area contributed by atoms with Gasteiger partial charge in [0.1, 0.15) is 0 Å². The molecule has 2 N–H and O–H groups in total. The minimum atomic E-state index is -0.535. The fourth-order valence-corrected chi connectivity index (χ4v) is 2.93. The molecule has 0 aliphatic heterocycles. The summed E-state index contributed by atoms with van der Waals surface area (Å²) in [5, 5.41) is 13.2. The number of aliphatic hydroxyl groups is 1. The summed E-state index contributed by atoms with van der Waals surface area (Å²) in [5.74, 6) is 0. The number of aliphatic hydroxyl groups excluding tert-OH is 1. The summed E-state index contributed by atoms with van der Waals surface area (Å²) < 4.78 is 2.63. The van der Waals surface area contributed by atoms with Crippen molar-refractivity contribution in [2.75, 3.05) is 13.1 Å². The largest absolute Gasteiger partial charge is 0.390 e. The normalized spacial score (nSPS) is 12.9. The SMILES string of the molecule is CCCCNCC(O)Cn1c(=O)sc2ccccc21. The summed E-state index contributed by atoms with van der Waals surface area (Å²) >= 11 is 1.23. The highest BCUT2D eigenvalue weighted by molar-refractivity contribution is 7.16. The van der Waals surface area contributed by atoms with E-state index in [1.54, 1.807) is 4.57 Å². The molecule has 2 aromatic rings. The van der Waals surface area contributed by atoms with Gasteiger partial charge in [-0.15, -0.1) is 0 Å². The number of nitrogens with zero attached hydrogens (tertiary/aromatic N) is 1. The van der Waals surface area contributed by atoms with Crippen molar-refractivity contribution in [3.63, 3.8) is 0 Å². The monoisotopic (exact) mass is 280 g/mol. The molecule has 0 amide bonds. The van der Waals surface area contributed by atoms with Crippen LogP contribution in [0.5, 0.6) is 0 Å². The van der Waals surface area contributed by atoms with E-state index in [9.17, 15) is 9.90 Å². The minimum Gasteiger partial charge on any atom is -0.390 e. The van der Waals surface area contributed by atoms with Crippen LogP contribution < -0.4 is 10.2 Å². The van der Waals surface area contributed by atoms with Crippen LogP contribution in [-0.2, 0) is 6.54 Å². The molecule has 2 rings (SSSR count). The second-order valence-corrected chi connectivity index (χ2v) is 5.65. The third-order valence-corrected chi connectivity index (χ3v) is 4.01. The average molecular weight is 280 g/mol.